The summed E-state index contributed by atoms with van der Waals surface area (Å²) in [6, 6.07) is 5.90. The third-order valence-electron chi connectivity index (χ3n) is 2.33. The predicted molar refractivity (Wildman–Crippen MR) is 64.2 cm³/mol. The molecule has 2 aromatic rings. The first-order valence-electron chi connectivity index (χ1n) is 5.32. The Labute approximate surface area is 107 Å². The fourth-order valence-electron chi connectivity index (χ4n) is 1.48. The lowest BCUT2D eigenvalue weighted by Crippen LogP contribution is -2.02. The van der Waals surface area contributed by atoms with Crippen LogP contribution in [0.1, 0.15) is 17.3 Å². The van der Waals surface area contributed by atoms with Crippen LogP contribution in [0.15, 0.2) is 22.7 Å². The first kappa shape index (κ1) is 12.5. The van der Waals surface area contributed by atoms with Gasteiger partial charge < -0.3 is 9.84 Å². The number of anilines is 1. The normalized spacial score (nSPS) is 9.89. The Kier molecular flexibility index (Phi) is 3.38. The third-order valence-corrected chi connectivity index (χ3v) is 2.33. The number of nitro benzene ring substituents is 1. The smallest absolute Gasteiger partial charge is 0.270 e. The van der Waals surface area contributed by atoms with Gasteiger partial charge in [0.1, 0.15) is 6.07 Å². The van der Waals surface area contributed by atoms with Crippen molar-refractivity contribution in [3.63, 3.8) is 0 Å². The molecule has 8 nitrogen and oxygen atoms in total. The molecule has 1 heterocycles. The van der Waals surface area contributed by atoms with Crippen LogP contribution in [0.3, 0.4) is 0 Å². The maximum Gasteiger partial charge on any atom is 0.270 e. The van der Waals surface area contributed by atoms with Crippen molar-refractivity contribution in [3.8, 4) is 6.07 Å². The number of aromatic nitrogens is 2. The molecule has 0 amide bonds. The standard InChI is InChI=1S/C11H9N5O3/c1-7-14-11(19-15-7)6-13-10-3-2-9(16(17)18)4-8(10)5-12/h2-4,13H,6H2,1H3. The maximum absolute atomic E-state index is 10.6. The van der Waals surface area contributed by atoms with Gasteiger partial charge in [-0.05, 0) is 13.0 Å². The lowest BCUT2D eigenvalue weighted by molar-refractivity contribution is -0.384. The van der Waals surface area contributed by atoms with Crippen LogP contribution < -0.4 is 5.32 Å². The SMILES string of the molecule is Cc1noc(CNc2ccc([N+](=O)[O-])cc2C#N)n1. The molecule has 0 atom stereocenters. The van der Waals surface area contributed by atoms with Crippen molar-refractivity contribution >= 4 is 11.4 Å². The second kappa shape index (κ2) is 5.14. The first-order chi connectivity index (χ1) is 9.10. The average molecular weight is 259 g/mol. The summed E-state index contributed by atoms with van der Waals surface area (Å²) in [4.78, 5) is 14.1. The number of nitro groups is 1. The van der Waals surface area contributed by atoms with E-state index in [1.165, 1.54) is 18.2 Å². The van der Waals surface area contributed by atoms with Gasteiger partial charge in [0.15, 0.2) is 5.82 Å². The van der Waals surface area contributed by atoms with Crippen molar-refractivity contribution in [2.24, 2.45) is 0 Å². The number of nitrogens with one attached hydrogen (secondary N) is 1. The van der Waals surface area contributed by atoms with Crippen LogP contribution in [-0.4, -0.2) is 15.1 Å². The van der Waals surface area contributed by atoms with E-state index in [0.29, 0.717) is 17.4 Å². The molecule has 1 N–H and O–H groups in total. The van der Waals surface area contributed by atoms with Gasteiger partial charge in [0, 0.05) is 12.1 Å². The van der Waals surface area contributed by atoms with Crippen LogP contribution in [0.2, 0.25) is 0 Å². The maximum atomic E-state index is 10.6. The van der Waals surface area contributed by atoms with Gasteiger partial charge >= 0.3 is 0 Å². The minimum Gasteiger partial charge on any atom is -0.375 e. The van der Waals surface area contributed by atoms with Crippen molar-refractivity contribution in [1.82, 2.24) is 10.1 Å². The molecular weight excluding hydrogens is 250 g/mol. The molecule has 0 saturated carbocycles. The molecule has 0 fully saturated rings. The van der Waals surface area contributed by atoms with Crippen LogP contribution in [0.4, 0.5) is 11.4 Å². The van der Waals surface area contributed by atoms with Crippen molar-refractivity contribution < 1.29 is 9.45 Å². The van der Waals surface area contributed by atoms with E-state index in [4.69, 9.17) is 9.78 Å². The second-order valence-electron chi connectivity index (χ2n) is 3.69. The van der Waals surface area contributed by atoms with E-state index < -0.39 is 4.92 Å². The molecule has 0 aliphatic rings. The zero-order valence-corrected chi connectivity index (χ0v) is 9.95. The molecule has 19 heavy (non-hydrogen) atoms. The number of nitrogens with zero attached hydrogens (tertiary/aromatic N) is 4. The van der Waals surface area contributed by atoms with Gasteiger partial charge in [-0.1, -0.05) is 5.16 Å². The number of hydrogen-bond acceptors (Lipinski definition) is 7. The quantitative estimate of drug-likeness (QED) is 0.656. The molecule has 0 radical (unpaired) electrons. The Morgan fingerprint density at radius 3 is 2.95 bits per heavy atom. The van der Waals surface area contributed by atoms with E-state index in [9.17, 15) is 10.1 Å². The molecule has 0 spiro atoms. The molecule has 8 heteroatoms. The fourth-order valence-corrected chi connectivity index (χ4v) is 1.48. The number of hydrogen-bond donors (Lipinski definition) is 1. The minimum atomic E-state index is -0.550. The topological polar surface area (TPSA) is 118 Å². The predicted octanol–water partition coefficient (Wildman–Crippen LogP) is 1.77. The van der Waals surface area contributed by atoms with Crippen LogP contribution >= 0.6 is 0 Å². The molecule has 0 aliphatic heterocycles. The summed E-state index contributed by atoms with van der Waals surface area (Å²) in [6.07, 6.45) is 0. The summed E-state index contributed by atoms with van der Waals surface area (Å²) in [7, 11) is 0. The van der Waals surface area contributed by atoms with E-state index in [1.807, 2.05) is 6.07 Å². The van der Waals surface area contributed by atoms with Gasteiger partial charge in [0.05, 0.1) is 22.7 Å². The molecule has 1 aromatic heterocycles. The monoisotopic (exact) mass is 259 g/mol. The largest absolute Gasteiger partial charge is 0.375 e. The molecule has 0 aliphatic carbocycles. The van der Waals surface area contributed by atoms with Gasteiger partial charge in [-0.2, -0.15) is 10.2 Å². The van der Waals surface area contributed by atoms with Gasteiger partial charge in [-0.15, -0.1) is 0 Å². The number of rotatable bonds is 4. The van der Waals surface area contributed by atoms with Gasteiger partial charge in [-0.25, -0.2) is 0 Å². The van der Waals surface area contributed by atoms with Crippen LogP contribution in [-0.2, 0) is 6.54 Å². The van der Waals surface area contributed by atoms with E-state index in [-0.39, 0.29) is 17.8 Å². The second-order valence-corrected chi connectivity index (χ2v) is 3.69. The molecule has 2 rings (SSSR count). The lowest BCUT2D eigenvalue weighted by Gasteiger charge is -2.05. The van der Waals surface area contributed by atoms with E-state index in [2.05, 4.69) is 15.5 Å². The van der Waals surface area contributed by atoms with Gasteiger partial charge in [0.2, 0.25) is 5.89 Å². The highest BCUT2D eigenvalue weighted by molar-refractivity contribution is 5.61. The average Bonchev–Trinajstić information content (AvgIpc) is 2.81. The number of nitriles is 1. The molecule has 0 saturated heterocycles. The van der Waals surface area contributed by atoms with Gasteiger partial charge in [-0.3, -0.25) is 10.1 Å². The first-order valence-corrected chi connectivity index (χ1v) is 5.32. The Bertz CT molecular complexity index is 659. The highest BCUT2D eigenvalue weighted by Gasteiger charge is 2.11. The van der Waals surface area contributed by atoms with Crippen LogP contribution in [0, 0.1) is 28.4 Å². The third kappa shape index (κ3) is 2.84. The number of non-ortho nitro benzene ring substituents is 1. The van der Waals surface area contributed by atoms with Crippen molar-refractivity contribution in [3.05, 3.63) is 45.6 Å². The van der Waals surface area contributed by atoms with Crippen LogP contribution in [0.25, 0.3) is 0 Å². The Balaban J connectivity index is 2.16. The minimum absolute atomic E-state index is 0.129. The summed E-state index contributed by atoms with van der Waals surface area (Å²) >= 11 is 0. The molecule has 1 aromatic carbocycles. The summed E-state index contributed by atoms with van der Waals surface area (Å²) in [5.41, 5.74) is 0.533. The molecule has 0 bridgehead atoms. The van der Waals surface area contributed by atoms with Gasteiger partial charge in [0.25, 0.3) is 5.69 Å². The lowest BCUT2D eigenvalue weighted by atomic mass is 10.1. The fraction of sp³-hybridized carbons (Fsp3) is 0.182. The summed E-state index contributed by atoms with van der Waals surface area (Å²) in [6.45, 7) is 1.94. The van der Waals surface area contributed by atoms with Crippen molar-refractivity contribution in [1.29, 1.82) is 5.26 Å². The number of benzene rings is 1. The van der Waals surface area contributed by atoms with Crippen molar-refractivity contribution in [2.75, 3.05) is 5.32 Å². The Morgan fingerprint density at radius 1 is 1.58 bits per heavy atom. The van der Waals surface area contributed by atoms with Crippen LogP contribution in [0.5, 0.6) is 0 Å². The summed E-state index contributed by atoms with van der Waals surface area (Å²) in [5, 5.41) is 26.1. The molecule has 0 unspecified atom stereocenters. The Hall–Kier alpha value is -2.95. The van der Waals surface area contributed by atoms with E-state index in [0.717, 1.165) is 0 Å². The number of aryl methyl sites for hydroxylation is 1. The highest BCUT2D eigenvalue weighted by Crippen LogP contribution is 2.21. The molecular formula is C11H9N5O3. The highest BCUT2D eigenvalue weighted by atomic mass is 16.6. The molecule has 96 valence electrons. The van der Waals surface area contributed by atoms with E-state index in [1.54, 1.807) is 6.92 Å². The zero-order valence-electron chi connectivity index (χ0n) is 9.95. The van der Waals surface area contributed by atoms with Crippen molar-refractivity contribution in [2.45, 2.75) is 13.5 Å². The zero-order chi connectivity index (χ0) is 13.8. The summed E-state index contributed by atoms with van der Waals surface area (Å²) < 4.78 is 4.91. The summed E-state index contributed by atoms with van der Waals surface area (Å²) in [5.74, 6) is 0.890. The van der Waals surface area contributed by atoms with E-state index >= 15 is 0 Å². The Morgan fingerprint density at radius 2 is 2.37 bits per heavy atom.